The molecule has 2 heterocycles. The van der Waals surface area contributed by atoms with Crippen LogP contribution in [-0.4, -0.2) is 31.7 Å². The number of alkyl halides is 3. The van der Waals surface area contributed by atoms with E-state index in [1.807, 2.05) is 6.07 Å². The highest BCUT2D eigenvalue weighted by Crippen LogP contribution is 2.32. The van der Waals surface area contributed by atoms with Gasteiger partial charge in [0.15, 0.2) is 0 Å². The molecule has 158 valence electrons. The van der Waals surface area contributed by atoms with Crippen LogP contribution in [0.2, 0.25) is 4.34 Å². The van der Waals surface area contributed by atoms with Gasteiger partial charge in [-0.05, 0) is 43.2 Å². The van der Waals surface area contributed by atoms with Gasteiger partial charge in [0.1, 0.15) is 0 Å². The minimum absolute atomic E-state index is 0.0709. The minimum Gasteiger partial charge on any atom is -0.351 e. The lowest BCUT2D eigenvalue weighted by molar-refractivity contribution is -0.137. The van der Waals surface area contributed by atoms with Crippen molar-refractivity contribution in [3.8, 4) is 0 Å². The van der Waals surface area contributed by atoms with Crippen molar-refractivity contribution in [2.45, 2.75) is 30.5 Å². The normalized spacial score (nSPS) is 16.7. The number of nitrogens with one attached hydrogen (secondary N) is 1. The summed E-state index contributed by atoms with van der Waals surface area (Å²) >= 11 is 7.21. The lowest BCUT2D eigenvalue weighted by Gasteiger charge is -2.30. The van der Waals surface area contributed by atoms with Gasteiger partial charge in [-0.2, -0.15) is 17.5 Å². The Labute approximate surface area is 175 Å². The van der Waals surface area contributed by atoms with Gasteiger partial charge >= 0.3 is 6.18 Å². The van der Waals surface area contributed by atoms with E-state index in [1.165, 1.54) is 11.3 Å². The molecule has 29 heavy (non-hydrogen) atoms. The molecule has 0 atom stereocenters. The summed E-state index contributed by atoms with van der Waals surface area (Å²) in [5, 5.41) is 2.81. The number of hydrogen-bond donors (Lipinski definition) is 1. The van der Waals surface area contributed by atoms with E-state index in [0.29, 0.717) is 29.8 Å². The van der Waals surface area contributed by atoms with Gasteiger partial charge in [0.05, 0.1) is 21.3 Å². The second kappa shape index (κ2) is 8.63. The fourth-order valence-corrected chi connectivity index (χ4v) is 5.65. The molecule has 1 aromatic heterocycles. The van der Waals surface area contributed by atoms with Crippen molar-refractivity contribution in [2.75, 3.05) is 13.1 Å². The summed E-state index contributed by atoms with van der Waals surface area (Å²) < 4.78 is 65.8. The van der Waals surface area contributed by atoms with E-state index in [9.17, 15) is 26.4 Å². The van der Waals surface area contributed by atoms with Crippen molar-refractivity contribution in [1.29, 1.82) is 0 Å². The smallest absolute Gasteiger partial charge is 0.351 e. The summed E-state index contributed by atoms with van der Waals surface area (Å²) in [6, 6.07) is 7.25. The summed E-state index contributed by atoms with van der Waals surface area (Å²) in [6.45, 7) is 0.488. The maximum Gasteiger partial charge on any atom is 0.416 e. The number of carbonyl (C=O) groups is 1. The molecule has 0 bridgehead atoms. The number of sulfonamides is 1. The molecule has 11 heteroatoms. The molecule has 1 fully saturated rings. The summed E-state index contributed by atoms with van der Waals surface area (Å²) in [4.78, 5) is 12.8. The first-order valence-electron chi connectivity index (χ1n) is 8.77. The van der Waals surface area contributed by atoms with Gasteiger partial charge in [-0.15, -0.1) is 11.3 Å². The molecule has 0 unspecified atom stereocenters. The molecule has 0 saturated carbocycles. The Kier molecular flexibility index (Phi) is 6.57. The number of rotatable bonds is 5. The van der Waals surface area contributed by atoms with Gasteiger partial charge in [-0.1, -0.05) is 17.7 Å². The highest BCUT2D eigenvalue weighted by atomic mass is 35.5. The maximum atomic E-state index is 12.9. The van der Waals surface area contributed by atoms with Crippen molar-refractivity contribution < 1.29 is 26.4 Å². The first-order chi connectivity index (χ1) is 13.6. The van der Waals surface area contributed by atoms with Crippen LogP contribution in [0.25, 0.3) is 0 Å². The topological polar surface area (TPSA) is 66.5 Å². The zero-order chi connectivity index (χ0) is 21.2. The number of piperidine rings is 1. The van der Waals surface area contributed by atoms with Crippen molar-refractivity contribution in [3.63, 3.8) is 0 Å². The maximum absolute atomic E-state index is 12.9. The quantitative estimate of drug-likeness (QED) is 0.720. The van der Waals surface area contributed by atoms with Crippen molar-refractivity contribution in [1.82, 2.24) is 9.62 Å². The van der Waals surface area contributed by atoms with Crippen LogP contribution in [-0.2, 0) is 27.5 Å². The molecule has 1 aliphatic rings. The number of benzene rings is 1. The van der Waals surface area contributed by atoms with Crippen LogP contribution in [0, 0.1) is 5.92 Å². The molecule has 0 radical (unpaired) electrons. The Hall–Kier alpha value is -1.62. The van der Waals surface area contributed by atoms with Crippen molar-refractivity contribution in [3.05, 3.63) is 51.2 Å². The highest BCUT2D eigenvalue weighted by molar-refractivity contribution is 7.89. The van der Waals surface area contributed by atoms with Gasteiger partial charge in [-0.25, -0.2) is 8.42 Å². The fourth-order valence-electron chi connectivity index (χ4n) is 3.11. The average molecular weight is 467 g/mol. The number of halogens is 4. The predicted molar refractivity (Wildman–Crippen MR) is 104 cm³/mol. The molecular weight excluding hydrogens is 449 g/mol. The van der Waals surface area contributed by atoms with Crippen LogP contribution in [0.15, 0.2) is 41.3 Å². The van der Waals surface area contributed by atoms with E-state index in [2.05, 4.69) is 5.32 Å². The molecule has 1 aliphatic heterocycles. The Morgan fingerprint density at radius 3 is 2.48 bits per heavy atom. The lowest BCUT2D eigenvalue weighted by Crippen LogP contribution is -2.42. The van der Waals surface area contributed by atoms with E-state index in [0.717, 1.165) is 27.4 Å². The van der Waals surface area contributed by atoms with Gasteiger partial charge < -0.3 is 5.32 Å². The first kappa shape index (κ1) is 22.1. The molecule has 3 rings (SSSR count). The van der Waals surface area contributed by atoms with Crippen LogP contribution < -0.4 is 5.32 Å². The Balaban J connectivity index is 1.60. The predicted octanol–water partition coefficient (Wildman–Crippen LogP) is 4.14. The molecule has 1 aromatic carbocycles. The average Bonchev–Trinajstić information content (AvgIpc) is 3.11. The SMILES string of the molecule is O=C(NCc1ccc(Cl)s1)C1CCN(S(=O)(=O)c2cccc(C(F)(F)F)c2)CC1. The zero-order valence-electron chi connectivity index (χ0n) is 15.1. The number of nitrogens with zero attached hydrogens (tertiary/aromatic N) is 1. The second-order valence-corrected chi connectivity index (χ2v) is 10.4. The van der Waals surface area contributed by atoms with Crippen LogP contribution in [0.4, 0.5) is 13.2 Å². The molecule has 0 spiro atoms. The largest absolute Gasteiger partial charge is 0.416 e. The van der Waals surface area contributed by atoms with Crippen molar-refractivity contribution in [2.24, 2.45) is 5.92 Å². The molecule has 1 N–H and O–H groups in total. The van der Waals surface area contributed by atoms with E-state index >= 15 is 0 Å². The van der Waals surface area contributed by atoms with Crippen LogP contribution >= 0.6 is 22.9 Å². The second-order valence-electron chi connectivity index (χ2n) is 6.63. The van der Waals surface area contributed by atoms with E-state index < -0.39 is 26.7 Å². The van der Waals surface area contributed by atoms with Gasteiger partial charge in [0, 0.05) is 23.9 Å². The summed E-state index contributed by atoms with van der Waals surface area (Å²) in [5.74, 6) is -0.524. The molecule has 0 aliphatic carbocycles. The minimum atomic E-state index is -4.62. The third kappa shape index (κ3) is 5.30. The third-order valence-corrected chi connectivity index (χ3v) is 7.82. The zero-order valence-corrected chi connectivity index (χ0v) is 17.5. The summed E-state index contributed by atoms with van der Waals surface area (Å²) in [7, 11) is -4.06. The van der Waals surface area contributed by atoms with Gasteiger partial charge in [-0.3, -0.25) is 4.79 Å². The first-order valence-corrected chi connectivity index (χ1v) is 11.4. The molecular formula is C18H18ClF3N2O3S2. The molecule has 2 aromatic rings. The Morgan fingerprint density at radius 2 is 1.90 bits per heavy atom. The standard InChI is InChI=1S/C18H18ClF3N2O3S2/c19-16-5-4-14(28-16)11-23-17(25)12-6-8-24(9-7-12)29(26,27)15-3-1-2-13(10-15)18(20,21)22/h1-5,10,12H,6-9,11H2,(H,23,25). The van der Waals surface area contributed by atoms with E-state index in [4.69, 9.17) is 11.6 Å². The number of amides is 1. The van der Waals surface area contributed by atoms with E-state index in [-0.39, 0.29) is 24.9 Å². The molecule has 5 nitrogen and oxygen atoms in total. The monoisotopic (exact) mass is 466 g/mol. The Bertz CT molecular complexity index is 984. The van der Waals surface area contributed by atoms with Gasteiger partial charge in [0.25, 0.3) is 0 Å². The lowest BCUT2D eigenvalue weighted by atomic mass is 9.97. The van der Waals surface area contributed by atoms with E-state index in [1.54, 1.807) is 6.07 Å². The highest BCUT2D eigenvalue weighted by Gasteiger charge is 2.35. The number of hydrogen-bond acceptors (Lipinski definition) is 4. The number of carbonyl (C=O) groups excluding carboxylic acids is 1. The molecule has 1 amide bonds. The van der Waals surface area contributed by atoms with Crippen molar-refractivity contribution >= 4 is 38.9 Å². The summed E-state index contributed by atoms with van der Waals surface area (Å²) in [6.07, 6.45) is -4.02. The fraction of sp³-hybridized carbons (Fsp3) is 0.389. The molecule has 1 saturated heterocycles. The summed E-state index contributed by atoms with van der Waals surface area (Å²) in [5.41, 5.74) is -1.01. The van der Waals surface area contributed by atoms with Gasteiger partial charge in [0.2, 0.25) is 15.9 Å². The Morgan fingerprint density at radius 1 is 1.21 bits per heavy atom. The third-order valence-electron chi connectivity index (χ3n) is 4.69. The number of thiophene rings is 1. The van der Waals surface area contributed by atoms with Crippen LogP contribution in [0.5, 0.6) is 0 Å². The van der Waals surface area contributed by atoms with Crippen LogP contribution in [0.1, 0.15) is 23.3 Å². The van der Waals surface area contributed by atoms with Crippen LogP contribution in [0.3, 0.4) is 0 Å².